The van der Waals surface area contributed by atoms with Crippen LogP contribution < -0.4 is 0 Å². The summed E-state index contributed by atoms with van der Waals surface area (Å²) in [4.78, 5) is 0. The van der Waals surface area contributed by atoms with Crippen LogP contribution >= 0.6 is 0 Å². The van der Waals surface area contributed by atoms with Gasteiger partial charge in [0.15, 0.2) is 0 Å². The molecule has 0 saturated carbocycles. The van der Waals surface area contributed by atoms with Crippen LogP contribution in [-0.2, 0) is 6.42 Å². The van der Waals surface area contributed by atoms with Crippen molar-refractivity contribution >= 4 is 0 Å². The van der Waals surface area contributed by atoms with Crippen LogP contribution in [0, 0.1) is 11.3 Å². The fourth-order valence-electron chi connectivity index (χ4n) is 1.51. The van der Waals surface area contributed by atoms with Gasteiger partial charge in [-0.15, -0.1) is 0 Å². The van der Waals surface area contributed by atoms with Gasteiger partial charge in [-0.25, -0.2) is 0 Å². The molecule has 0 fully saturated rings. The summed E-state index contributed by atoms with van der Waals surface area (Å²) in [7, 11) is 0. The number of hydrogen-bond acceptors (Lipinski definition) is 1. The number of unbranched alkanes of at least 4 members (excludes halogenated alkanes) is 1. The first kappa shape index (κ1) is 5.13. The summed E-state index contributed by atoms with van der Waals surface area (Å²) in [5.74, 6) is 0. The molecule has 0 radical (unpaired) electrons. The summed E-state index contributed by atoms with van der Waals surface area (Å²) in [6.07, 6.45) is 0.785. The van der Waals surface area contributed by atoms with E-state index in [0.29, 0.717) is 12.8 Å². The van der Waals surface area contributed by atoms with E-state index in [4.69, 9.17) is 20.3 Å². The topological polar surface area (TPSA) is 23.8 Å². The second kappa shape index (κ2) is 6.75. The predicted octanol–water partition coefficient (Wildman–Crippen LogP) is 4.96. The third kappa shape index (κ3) is 3.69. The molecule has 0 heterocycles. The van der Waals surface area contributed by atoms with Crippen LogP contribution in [0.25, 0.3) is 11.1 Å². The van der Waals surface area contributed by atoms with E-state index in [2.05, 4.69) is 0 Å². The maximum atomic E-state index is 9.07. The molecule has 0 aliphatic rings. The summed E-state index contributed by atoms with van der Waals surface area (Å²) < 4.78 is 86.7. The molecule has 0 atom stereocenters. The number of rotatable bonds is 5. The summed E-state index contributed by atoms with van der Waals surface area (Å²) in [5, 5.41) is 9.07. The zero-order valence-electron chi connectivity index (χ0n) is 21.3. The Bertz CT molecular complexity index is 976. The van der Waals surface area contributed by atoms with E-state index in [0.717, 1.165) is 0 Å². The molecule has 0 aromatic heterocycles. The Morgan fingerprint density at radius 1 is 1.00 bits per heavy atom. The van der Waals surface area contributed by atoms with Gasteiger partial charge in [0.2, 0.25) is 0 Å². The van der Waals surface area contributed by atoms with Crippen LogP contribution in [-0.4, -0.2) is 0 Å². The first-order valence-corrected chi connectivity index (χ1v) is 5.93. The zero-order valence-corrected chi connectivity index (χ0v) is 10.3. The molecule has 0 aliphatic heterocycles. The molecular formula is C18H19N. The van der Waals surface area contributed by atoms with Crippen molar-refractivity contribution in [3.05, 3.63) is 59.5 Å². The molecule has 2 rings (SSSR count). The van der Waals surface area contributed by atoms with Crippen molar-refractivity contribution in [2.24, 2.45) is 0 Å². The molecule has 1 nitrogen and oxygen atoms in total. The van der Waals surface area contributed by atoms with E-state index < -0.39 is 54.2 Å². The van der Waals surface area contributed by atoms with Gasteiger partial charge in [0.05, 0.1) is 22.6 Å². The normalized spacial score (nSPS) is 19.0. The highest BCUT2D eigenvalue weighted by Crippen LogP contribution is 2.20. The molecule has 0 spiro atoms. The molecule has 2 aromatic rings. The first-order chi connectivity index (χ1) is 13.8. The fourth-order valence-corrected chi connectivity index (χ4v) is 1.51. The van der Waals surface area contributed by atoms with Crippen LogP contribution in [0.15, 0.2) is 48.3 Å². The molecule has 0 saturated heterocycles. The van der Waals surface area contributed by atoms with Crippen LogP contribution in [0.5, 0.6) is 0 Å². The molecule has 1 heteroatoms. The minimum Gasteiger partial charge on any atom is -0.192 e. The van der Waals surface area contributed by atoms with Crippen LogP contribution in [0.2, 0.25) is 0 Å². The Morgan fingerprint density at radius 2 is 1.63 bits per heavy atom. The summed E-state index contributed by atoms with van der Waals surface area (Å²) in [6.45, 7) is -2.08. The van der Waals surface area contributed by atoms with E-state index >= 15 is 0 Å². The lowest BCUT2D eigenvalue weighted by atomic mass is 10.0. The zero-order chi connectivity index (χ0) is 23.0. The molecule has 2 aromatic carbocycles. The van der Waals surface area contributed by atoms with E-state index in [1.807, 2.05) is 0 Å². The van der Waals surface area contributed by atoms with Gasteiger partial charge >= 0.3 is 0 Å². The summed E-state index contributed by atoms with van der Waals surface area (Å²) >= 11 is 0. The largest absolute Gasteiger partial charge is 0.192 e. The minimum absolute atomic E-state index is 0.0264. The Labute approximate surface area is 131 Å². The van der Waals surface area contributed by atoms with Crippen molar-refractivity contribution in [2.45, 2.75) is 32.5 Å². The molecule has 0 aliphatic carbocycles. The Hall–Kier alpha value is -2.07. The standard InChI is InChI=1S/C18H19N/c1-2-3-4-5-15-6-10-17(11-7-15)18-12-8-16(14-19)9-13-18/h6-13H,2-5H2,1H3/i1D3,6D,7D,8D,9D,10D,11D,12D,13D. The molecule has 0 amide bonds. The van der Waals surface area contributed by atoms with Crippen molar-refractivity contribution in [2.75, 3.05) is 0 Å². The lowest BCUT2D eigenvalue weighted by Gasteiger charge is -2.04. The van der Waals surface area contributed by atoms with Gasteiger partial charge < -0.3 is 0 Å². The average Bonchev–Trinajstić information content (AvgIpc) is 2.66. The van der Waals surface area contributed by atoms with Crippen molar-refractivity contribution in [1.29, 1.82) is 5.26 Å². The van der Waals surface area contributed by atoms with Crippen molar-refractivity contribution in [3.63, 3.8) is 0 Å². The molecule has 0 N–H and O–H groups in total. The smallest absolute Gasteiger partial charge is 0.0991 e. The van der Waals surface area contributed by atoms with Crippen LogP contribution in [0.3, 0.4) is 0 Å². The minimum atomic E-state index is -2.08. The maximum Gasteiger partial charge on any atom is 0.0991 e. The molecule has 19 heavy (non-hydrogen) atoms. The van der Waals surface area contributed by atoms with Gasteiger partial charge in [0, 0.05) is 4.11 Å². The summed E-state index contributed by atoms with van der Waals surface area (Å²) in [5.41, 5.74) is -1.12. The third-order valence-corrected chi connectivity index (χ3v) is 2.52. The molecule has 0 unspecified atom stereocenters. The number of nitriles is 1. The first-order valence-electron chi connectivity index (χ1n) is 11.4. The quantitative estimate of drug-likeness (QED) is 0.697. The van der Waals surface area contributed by atoms with Gasteiger partial charge in [0.1, 0.15) is 0 Å². The van der Waals surface area contributed by atoms with Crippen molar-refractivity contribution in [1.82, 2.24) is 0 Å². The molecular weight excluding hydrogens is 230 g/mol. The SMILES string of the molecule is [2H]c1c([2H])c(-c2c([2H])c([2H])c(CCCCC([2H])([2H])[2H])c([2H])c2[2H])c([2H])c([2H])c1C#N. The number of benzene rings is 2. The lowest BCUT2D eigenvalue weighted by Crippen LogP contribution is -1.86. The Morgan fingerprint density at radius 3 is 2.21 bits per heavy atom. The molecule has 0 bridgehead atoms. The predicted molar refractivity (Wildman–Crippen MR) is 79.8 cm³/mol. The van der Waals surface area contributed by atoms with Crippen LogP contribution in [0.1, 0.15) is 52.3 Å². The van der Waals surface area contributed by atoms with Crippen LogP contribution in [0.4, 0.5) is 0 Å². The number of nitrogens with zero attached hydrogens (tertiary/aromatic N) is 1. The van der Waals surface area contributed by atoms with E-state index in [1.165, 1.54) is 0 Å². The van der Waals surface area contributed by atoms with Gasteiger partial charge in [-0.1, -0.05) is 55.9 Å². The van der Waals surface area contributed by atoms with Gasteiger partial charge in [0.25, 0.3) is 0 Å². The monoisotopic (exact) mass is 260 g/mol. The van der Waals surface area contributed by atoms with E-state index in [9.17, 15) is 0 Å². The fraction of sp³-hybridized carbons (Fsp3) is 0.278. The maximum absolute atomic E-state index is 9.07. The highest BCUT2D eigenvalue weighted by atomic mass is 14.2. The van der Waals surface area contributed by atoms with E-state index in [1.54, 1.807) is 6.07 Å². The van der Waals surface area contributed by atoms with Gasteiger partial charge in [-0.05, 0) is 41.6 Å². The van der Waals surface area contributed by atoms with Gasteiger partial charge in [-0.3, -0.25) is 0 Å². The summed E-state index contributed by atoms with van der Waals surface area (Å²) in [6, 6.07) is -2.61. The second-order valence-corrected chi connectivity index (χ2v) is 3.92. The number of hydrogen-bond donors (Lipinski definition) is 0. The van der Waals surface area contributed by atoms with E-state index in [-0.39, 0.29) is 36.1 Å². The highest BCUT2D eigenvalue weighted by molar-refractivity contribution is 5.64. The Kier molecular flexibility index (Phi) is 1.82. The lowest BCUT2D eigenvalue weighted by molar-refractivity contribution is 0.717. The Balaban J connectivity index is 2.60. The van der Waals surface area contributed by atoms with Crippen molar-refractivity contribution < 1.29 is 15.1 Å². The molecule has 96 valence electrons. The second-order valence-electron chi connectivity index (χ2n) is 3.92. The highest BCUT2D eigenvalue weighted by Gasteiger charge is 1.99. The van der Waals surface area contributed by atoms with Crippen molar-refractivity contribution in [3.8, 4) is 17.2 Å². The third-order valence-electron chi connectivity index (χ3n) is 2.52. The average molecular weight is 260 g/mol. The van der Waals surface area contributed by atoms with Gasteiger partial charge in [-0.2, -0.15) is 5.26 Å².